The summed E-state index contributed by atoms with van der Waals surface area (Å²) in [4.78, 5) is 42.4. The molecular weight excluding hydrogens is 346 g/mol. The monoisotopic (exact) mass is 371 g/mol. The molecule has 0 bridgehead atoms. The minimum atomic E-state index is -0.274. The SMILES string of the molecule is C[C@@H]1CN(C(=O)c2ccc(CN3C(=O)[C@@H]4CCCN4C3=O)cc2)C[C@@H](C)O1. The number of amides is 4. The van der Waals surface area contributed by atoms with Crippen molar-refractivity contribution in [2.75, 3.05) is 19.6 Å². The van der Waals surface area contributed by atoms with E-state index in [1.807, 2.05) is 30.9 Å². The van der Waals surface area contributed by atoms with Crippen LogP contribution in [-0.4, -0.2) is 70.4 Å². The Hall–Kier alpha value is -2.41. The number of urea groups is 1. The molecule has 0 aromatic heterocycles. The van der Waals surface area contributed by atoms with Gasteiger partial charge < -0.3 is 14.5 Å². The molecule has 3 fully saturated rings. The second-order valence-corrected chi connectivity index (χ2v) is 7.72. The molecule has 0 radical (unpaired) electrons. The van der Waals surface area contributed by atoms with Crippen molar-refractivity contribution < 1.29 is 19.1 Å². The largest absolute Gasteiger partial charge is 0.372 e. The van der Waals surface area contributed by atoms with Gasteiger partial charge in [0, 0.05) is 25.2 Å². The highest BCUT2D eigenvalue weighted by atomic mass is 16.5. The van der Waals surface area contributed by atoms with Gasteiger partial charge in [-0.25, -0.2) is 4.79 Å². The van der Waals surface area contributed by atoms with Crippen molar-refractivity contribution in [2.45, 2.75) is 51.5 Å². The van der Waals surface area contributed by atoms with Crippen molar-refractivity contribution in [2.24, 2.45) is 0 Å². The van der Waals surface area contributed by atoms with Crippen LogP contribution in [0.1, 0.15) is 42.6 Å². The highest BCUT2D eigenvalue weighted by molar-refractivity contribution is 6.04. The number of carbonyl (C=O) groups excluding carboxylic acids is 3. The minimum absolute atomic E-state index is 0.0162. The number of nitrogens with zero attached hydrogens (tertiary/aromatic N) is 3. The van der Waals surface area contributed by atoms with E-state index in [1.165, 1.54) is 4.90 Å². The lowest BCUT2D eigenvalue weighted by molar-refractivity contribution is -0.128. The molecule has 4 amide bonds. The molecule has 4 rings (SSSR count). The lowest BCUT2D eigenvalue weighted by atomic mass is 10.1. The number of rotatable bonds is 3. The maximum atomic E-state index is 12.7. The normalized spacial score (nSPS) is 28.1. The molecule has 3 aliphatic heterocycles. The molecule has 3 aliphatic rings. The number of hydrogen-bond donors (Lipinski definition) is 0. The molecule has 0 aliphatic carbocycles. The van der Waals surface area contributed by atoms with E-state index in [2.05, 4.69) is 0 Å². The van der Waals surface area contributed by atoms with Crippen molar-refractivity contribution in [3.63, 3.8) is 0 Å². The van der Waals surface area contributed by atoms with Crippen LogP contribution in [0, 0.1) is 0 Å². The van der Waals surface area contributed by atoms with E-state index in [9.17, 15) is 14.4 Å². The number of benzene rings is 1. The van der Waals surface area contributed by atoms with Gasteiger partial charge in [0.05, 0.1) is 18.8 Å². The van der Waals surface area contributed by atoms with Gasteiger partial charge in [0.1, 0.15) is 6.04 Å². The highest BCUT2D eigenvalue weighted by Crippen LogP contribution is 2.28. The zero-order valence-electron chi connectivity index (χ0n) is 15.8. The molecule has 3 heterocycles. The van der Waals surface area contributed by atoms with Crippen LogP contribution < -0.4 is 0 Å². The number of hydrogen-bond acceptors (Lipinski definition) is 4. The molecule has 27 heavy (non-hydrogen) atoms. The minimum Gasteiger partial charge on any atom is -0.372 e. The smallest absolute Gasteiger partial charge is 0.327 e. The van der Waals surface area contributed by atoms with Crippen LogP contribution in [0.5, 0.6) is 0 Å². The number of imide groups is 1. The lowest BCUT2D eigenvalue weighted by Gasteiger charge is -2.35. The molecule has 0 unspecified atom stereocenters. The lowest BCUT2D eigenvalue weighted by Crippen LogP contribution is -2.48. The van der Waals surface area contributed by atoms with Gasteiger partial charge in [-0.2, -0.15) is 0 Å². The van der Waals surface area contributed by atoms with Crippen molar-refractivity contribution in [3.8, 4) is 0 Å². The predicted molar refractivity (Wildman–Crippen MR) is 98.0 cm³/mol. The van der Waals surface area contributed by atoms with Gasteiger partial charge in [-0.1, -0.05) is 12.1 Å². The molecule has 7 heteroatoms. The maximum absolute atomic E-state index is 12.7. The molecular formula is C20H25N3O4. The van der Waals surface area contributed by atoms with E-state index in [0.29, 0.717) is 25.2 Å². The molecule has 0 spiro atoms. The van der Waals surface area contributed by atoms with E-state index in [0.717, 1.165) is 18.4 Å². The third-order valence-corrected chi connectivity index (χ3v) is 5.53. The fraction of sp³-hybridized carbons (Fsp3) is 0.550. The summed E-state index contributed by atoms with van der Waals surface area (Å²) in [7, 11) is 0. The summed E-state index contributed by atoms with van der Waals surface area (Å²) in [6, 6.07) is 6.72. The molecule has 144 valence electrons. The summed E-state index contributed by atoms with van der Waals surface area (Å²) in [6.07, 6.45) is 1.70. The van der Waals surface area contributed by atoms with E-state index in [-0.39, 0.29) is 42.6 Å². The van der Waals surface area contributed by atoms with Crippen LogP contribution in [0.4, 0.5) is 4.79 Å². The third-order valence-electron chi connectivity index (χ3n) is 5.53. The van der Waals surface area contributed by atoms with Crippen molar-refractivity contribution in [1.29, 1.82) is 0 Å². The van der Waals surface area contributed by atoms with Gasteiger partial charge in [-0.3, -0.25) is 14.5 Å². The first kappa shape index (κ1) is 18.0. The fourth-order valence-corrected chi connectivity index (χ4v) is 4.29. The highest BCUT2D eigenvalue weighted by Gasteiger charge is 2.47. The van der Waals surface area contributed by atoms with Crippen LogP contribution in [0.2, 0.25) is 0 Å². The average molecular weight is 371 g/mol. The first-order valence-electron chi connectivity index (χ1n) is 9.59. The van der Waals surface area contributed by atoms with Crippen molar-refractivity contribution in [3.05, 3.63) is 35.4 Å². The first-order chi connectivity index (χ1) is 12.9. The molecule has 1 aromatic carbocycles. The molecule has 0 N–H and O–H groups in total. The van der Waals surface area contributed by atoms with Crippen LogP contribution in [0.15, 0.2) is 24.3 Å². The van der Waals surface area contributed by atoms with Gasteiger partial charge in [0.15, 0.2) is 0 Å². The van der Waals surface area contributed by atoms with Gasteiger partial charge in [-0.05, 0) is 44.4 Å². The Morgan fingerprint density at radius 3 is 2.41 bits per heavy atom. The van der Waals surface area contributed by atoms with Gasteiger partial charge >= 0.3 is 6.03 Å². The second kappa shape index (κ2) is 6.96. The van der Waals surface area contributed by atoms with Crippen LogP contribution >= 0.6 is 0 Å². The van der Waals surface area contributed by atoms with Gasteiger partial charge in [-0.15, -0.1) is 0 Å². The topological polar surface area (TPSA) is 70.2 Å². The quantitative estimate of drug-likeness (QED) is 0.761. The molecule has 1 aromatic rings. The molecule has 0 saturated carbocycles. The van der Waals surface area contributed by atoms with Crippen LogP contribution in [-0.2, 0) is 16.1 Å². The van der Waals surface area contributed by atoms with Crippen LogP contribution in [0.25, 0.3) is 0 Å². The summed E-state index contributed by atoms with van der Waals surface area (Å²) in [5.74, 6) is -0.119. The predicted octanol–water partition coefficient (Wildman–Crippen LogP) is 1.86. The number of ether oxygens (including phenoxy) is 1. The molecule has 3 saturated heterocycles. The fourth-order valence-electron chi connectivity index (χ4n) is 4.29. The second-order valence-electron chi connectivity index (χ2n) is 7.72. The summed E-state index contributed by atoms with van der Waals surface area (Å²) >= 11 is 0. The molecule has 3 atom stereocenters. The van der Waals surface area contributed by atoms with E-state index >= 15 is 0 Å². The summed E-state index contributed by atoms with van der Waals surface area (Å²) < 4.78 is 5.68. The summed E-state index contributed by atoms with van der Waals surface area (Å²) in [5, 5.41) is 0. The number of morpholine rings is 1. The Labute approximate surface area is 158 Å². The van der Waals surface area contributed by atoms with E-state index in [1.54, 1.807) is 17.0 Å². The maximum Gasteiger partial charge on any atom is 0.327 e. The Morgan fingerprint density at radius 2 is 1.78 bits per heavy atom. The zero-order valence-corrected chi connectivity index (χ0v) is 15.8. The van der Waals surface area contributed by atoms with Crippen molar-refractivity contribution in [1.82, 2.24) is 14.7 Å². The first-order valence-corrected chi connectivity index (χ1v) is 9.59. The van der Waals surface area contributed by atoms with E-state index < -0.39 is 0 Å². The van der Waals surface area contributed by atoms with Gasteiger partial charge in [0.25, 0.3) is 11.8 Å². The number of carbonyl (C=O) groups is 3. The molecule has 7 nitrogen and oxygen atoms in total. The van der Waals surface area contributed by atoms with Crippen LogP contribution in [0.3, 0.4) is 0 Å². The third kappa shape index (κ3) is 3.32. The standard InChI is InChI=1S/C20H25N3O4/c1-13-10-21(11-14(2)27-13)18(24)16-7-5-15(6-8-16)12-23-19(25)17-4-3-9-22(17)20(23)26/h5-8,13-14,17H,3-4,9-12H2,1-2H3/t13-,14-,17+/m1/s1. The number of fused-ring (bicyclic) bond motifs is 1. The van der Waals surface area contributed by atoms with E-state index in [4.69, 9.17) is 4.74 Å². The Kier molecular flexibility index (Phi) is 4.63. The summed E-state index contributed by atoms with van der Waals surface area (Å²) in [6.45, 7) is 6.02. The average Bonchev–Trinajstić information content (AvgIpc) is 3.21. The Balaban J connectivity index is 1.43. The summed E-state index contributed by atoms with van der Waals surface area (Å²) in [5.41, 5.74) is 1.46. The Bertz CT molecular complexity index is 731. The Morgan fingerprint density at radius 1 is 1.11 bits per heavy atom. The van der Waals surface area contributed by atoms with Crippen molar-refractivity contribution >= 4 is 17.8 Å². The van der Waals surface area contributed by atoms with Gasteiger partial charge in [0.2, 0.25) is 0 Å². The zero-order chi connectivity index (χ0) is 19.1.